The van der Waals surface area contributed by atoms with Crippen molar-refractivity contribution in [2.75, 3.05) is 19.5 Å². The Bertz CT molecular complexity index is 609. The Kier molecular flexibility index (Phi) is 4.24. The molecule has 0 amide bonds. The fraction of sp³-hybridized carbons (Fsp3) is 0.214. The SMILES string of the molecule is COC(=O)c1ccc(CNc2ccc(F)cc2OC)o1. The number of carbonyl (C=O) groups excluding carboxylic acids is 1. The average molecular weight is 279 g/mol. The van der Waals surface area contributed by atoms with Crippen LogP contribution in [0.4, 0.5) is 10.1 Å². The number of ether oxygens (including phenoxy) is 2. The van der Waals surface area contributed by atoms with Gasteiger partial charge >= 0.3 is 5.97 Å². The van der Waals surface area contributed by atoms with E-state index in [0.717, 1.165) is 0 Å². The highest BCUT2D eigenvalue weighted by Crippen LogP contribution is 2.25. The van der Waals surface area contributed by atoms with E-state index in [-0.39, 0.29) is 11.6 Å². The largest absolute Gasteiger partial charge is 0.494 e. The molecule has 0 spiro atoms. The van der Waals surface area contributed by atoms with E-state index in [2.05, 4.69) is 10.1 Å². The summed E-state index contributed by atoms with van der Waals surface area (Å²) in [6, 6.07) is 7.37. The maximum absolute atomic E-state index is 13.1. The quantitative estimate of drug-likeness (QED) is 0.853. The Morgan fingerprint density at radius 3 is 2.80 bits per heavy atom. The molecule has 0 fully saturated rings. The molecule has 0 saturated carbocycles. The van der Waals surface area contributed by atoms with Gasteiger partial charge in [0, 0.05) is 6.07 Å². The topological polar surface area (TPSA) is 60.7 Å². The van der Waals surface area contributed by atoms with Gasteiger partial charge in [-0.2, -0.15) is 0 Å². The van der Waals surface area contributed by atoms with Crippen LogP contribution in [0.1, 0.15) is 16.3 Å². The van der Waals surface area contributed by atoms with Crippen molar-refractivity contribution >= 4 is 11.7 Å². The number of rotatable bonds is 5. The lowest BCUT2D eigenvalue weighted by molar-refractivity contribution is 0.0563. The summed E-state index contributed by atoms with van der Waals surface area (Å²) < 4.78 is 28.0. The lowest BCUT2D eigenvalue weighted by atomic mass is 10.2. The van der Waals surface area contributed by atoms with Gasteiger partial charge in [-0.1, -0.05) is 0 Å². The molecule has 0 bridgehead atoms. The molecule has 5 nitrogen and oxygen atoms in total. The number of hydrogen-bond donors (Lipinski definition) is 1. The third-order valence-electron chi connectivity index (χ3n) is 2.66. The number of methoxy groups -OCH3 is 2. The third kappa shape index (κ3) is 3.09. The van der Waals surface area contributed by atoms with Crippen LogP contribution < -0.4 is 10.1 Å². The van der Waals surface area contributed by atoms with Gasteiger partial charge in [-0.3, -0.25) is 0 Å². The van der Waals surface area contributed by atoms with Gasteiger partial charge in [0.15, 0.2) is 0 Å². The van der Waals surface area contributed by atoms with Crippen molar-refractivity contribution < 1.29 is 23.1 Å². The first-order valence-electron chi connectivity index (χ1n) is 5.88. The molecule has 1 N–H and O–H groups in total. The minimum atomic E-state index is -0.532. The number of hydrogen-bond acceptors (Lipinski definition) is 5. The summed E-state index contributed by atoms with van der Waals surface area (Å²) in [5, 5.41) is 3.04. The summed E-state index contributed by atoms with van der Waals surface area (Å²) in [5.41, 5.74) is 0.630. The summed E-state index contributed by atoms with van der Waals surface area (Å²) in [6.45, 7) is 0.332. The van der Waals surface area contributed by atoms with Gasteiger partial charge in [-0.25, -0.2) is 9.18 Å². The molecule has 0 radical (unpaired) electrons. The molecule has 106 valence electrons. The van der Waals surface area contributed by atoms with Crippen molar-refractivity contribution in [1.82, 2.24) is 0 Å². The Morgan fingerprint density at radius 2 is 2.10 bits per heavy atom. The van der Waals surface area contributed by atoms with Crippen LogP contribution in [0.15, 0.2) is 34.7 Å². The van der Waals surface area contributed by atoms with E-state index in [4.69, 9.17) is 9.15 Å². The van der Waals surface area contributed by atoms with Crippen molar-refractivity contribution in [3.8, 4) is 5.75 Å². The smallest absolute Gasteiger partial charge is 0.373 e. The van der Waals surface area contributed by atoms with Crippen molar-refractivity contribution in [3.63, 3.8) is 0 Å². The Labute approximate surface area is 115 Å². The van der Waals surface area contributed by atoms with E-state index in [0.29, 0.717) is 23.7 Å². The second-order valence-corrected chi connectivity index (χ2v) is 3.96. The molecule has 2 rings (SSSR count). The summed E-state index contributed by atoms with van der Waals surface area (Å²) in [5.74, 6) is 0.172. The number of anilines is 1. The molecule has 0 aliphatic heterocycles. The zero-order valence-corrected chi connectivity index (χ0v) is 11.1. The second-order valence-electron chi connectivity index (χ2n) is 3.96. The summed E-state index contributed by atoms with van der Waals surface area (Å²) >= 11 is 0. The van der Waals surface area contributed by atoms with Crippen molar-refractivity contribution in [3.05, 3.63) is 47.7 Å². The van der Waals surface area contributed by atoms with Gasteiger partial charge in [0.05, 0.1) is 26.5 Å². The highest BCUT2D eigenvalue weighted by Gasteiger charge is 2.11. The van der Waals surface area contributed by atoms with Crippen LogP contribution >= 0.6 is 0 Å². The Morgan fingerprint density at radius 1 is 1.30 bits per heavy atom. The van der Waals surface area contributed by atoms with Crippen LogP contribution in [-0.2, 0) is 11.3 Å². The zero-order chi connectivity index (χ0) is 14.5. The van der Waals surface area contributed by atoms with Gasteiger partial charge in [-0.15, -0.1) is 0 Å². The van der Waals surface area contributed by atoms with Crippen LogP contribution in [-0.4, -0.2) is 20.2 Å². The molecule has 20 heavy (non-hydrogen) atoms. The minimum absolute atomic E-state index is 0.135. The predicted molar refractivity (Wildman–Crippen MR) is 70.3 cm³/mol. The minimum Gasteiger partial charge on any atom is -0.494 e. The fourth-order valence-corrected chi connectivity index (χ4v) is 1.68. The molecule has 0 saturated heterocycles. The highest BCUT2D eigenvalue weighted by atomic mass is 19.1. The molecule has 1 aromatic heterocycles. The monoisotopic (exact) mass is 279 g/mol. The average Bonchev–Trinajstić information content (AvgIpc) is 2.93. The van der Waals surface area contributed by atoms with Crippen LogP contribution in [0.25, 0.3) is 0 Å². The van der Waals surface area contributed by atoms with Crippen LogP contribution in [0, 0.1) is 5.82 Å². The Hall–Kier alpha value is -2.50. The van der Waals surface area contributed by atoms with Crippen molar-refractivity contribution in [1.29, 1.82) is 0 Å². The fourth-order valence-electron chi connectivity index (χ4n) is 1.68. The van der Waals surface area contributed by atoms with Crippen LogP contribution in [0.2, 0.25) is 0 Å². The number of esters is 1. The molecular formula is C14H14FNO4. The molecule has 1 heterocycles. The molecule has 0 aliphatic carbocycles. The number of nitrogens with one attached hydrogen (secondary N) is 1. The van der Waals surface area contributed by atoms with E-state index >= 15 is 0 Å². The summed E-state index contributed by atoms with van der Waals surface area (Å²) in [4.78, 5) is 11.2. The van der Waals surface area contributed by atoms with E-state index in [1.54, 1.807) is 12.1 Å². The van der Waals surface area contributed by atoms with Crippen molar-refractivity contribution in [2.45, 2.75) is 6.54 Å². The number of halogens is 1. The van der Waals surface area contributed by atoms with E-state index in [1.807, 2.05) is 0 Å². The van der Waals surface area contributed by atoms with Gasteiger partial charge in [0.2, 0.25) is 5.76 Å². The molecule has 2 aromatic rings. The van der Waals surface area contributed by atoms with E-state index in [9.17, 15) is 9.18 Å². The number of furan rings is 1. The first-order valence-corrected chi connectivity index (χ1v) is 5.88. The standard InChI is InChI=1S/C14H14FNO4/c1-18-13-7-9(15)3-5-11(13)16-8-10-4-6-12(20-10)14(17)19-2/h3-7,16H,8H2,1-2H3. The molecule has 0 unspecified atom stereocenters. The van der Waals surface area contributed by atoms with Gasteiger partial charge in [0.25, 0.3) is 0 Å². The first-order chi connectivity index (χ1) is 9.63. The van der Waals surface area contributed by atoms with Crippen LogP contribution in [0.5, 0.6) is 5.75 Å². The highest BCUT2D eigenvalue weighted by molar-refractivity contribution is 5.86. The molecule has 0 atom stereocenters. The lowest BCUT2D eigenvalue weighted by Gasteiger charge is -2.09. The van der Waals surface area contributed by atoms with Gasteiger partial charge in [0.1, 0.15) is 17.3 Å². The Balaban J connectivity index is 2.05. The molecule has 1 aromatic carbocycles. The normalized spacial score (nSPS) is 10.2. The van der Waals surface area contributed by atoms with E-state index < -0.39 is 5.97 Å². The maximum atomic E-state index is 13.1. The second kappa shape index (κ2) is 6.10. The predicted octanol–water partition coefficient (Wildman–Crippen LogP) is 2.83. The molecule has 6 heteroatoms. The maximum Gasteiger partial charge on any atom is 0.373 e. The number of benzene rings is 1. The summed E-state index contributed by atoms with van der Waals surface area (Å²) in [7, 11) is 2.74. The lowest BCUT2D eigenvalue weighted by Crippen LogP contribution is -2.01. The zero-order valence-electron chi connectivity index (χ0n) is 11.1. The van der Waals surface area contributed by atoms with Crippen LogP contribution in [0.3, 0.4) is 0 Å². The van der Waals surface area contributed by atoms with E-state index in [1.165, 1.54) is 32.4 Å². The molecular weight excluding hydrogens is 265 g/mol. The van der Waals surface area contributed by atoms with Gasteiger partial charge < -0.3 is 19.2 Å². The number of carbonyl (C=O) groups is 1. The van der Waals surface area contributed by atoms with Gasteiger partial charge in [-0.05, 0) is 24.3 Å². The third-order valence-corrected chi connectivity index (χ3v) is 2.66. The van der Waals surface area contributed by atoms with Crippen molar-refractivity contribution in [2.24, 2.45) is 0 Å². The molecule has 0 aliphatic rings. The summed E-state index contributed by atoms with van der Waals surface area (Å²) in [6.07, 6.45) is 0. The first kappa shape index (κ1) is 13.9.